The summed E-state index contributed by atoms with van der Waals surface area (Å²) in [5.74, 6) is -1.46. The molecule has 0 aromatic heterocycles. The lowest BCUT2D eigenvalue weighted by Crippen LogP contribution is -2.70. The van der Waals surface area contributed by atoms with Crippen molar-refractivity contribution in [2.45, 2.75) is 205 Å². The third-order valence-corrected chi connectivity index (χ3v) is 14.4. The van der Waals surface area contributed by atoms with Crippen LogP contribution in [0.5, 0.6) is 11.5 Å². The Labute approximate surface area is 389 Å². The van der Waals surface area contributed by atoms with Crippen LogP contribution >= 0.6 is 0 Å². The number of likely N-dealkylation sites (N-methyl/N-ethyl adjacent to an activating group) is 1. The van der Waals surface area contributed by atoms with Crippen LogP contribution < -0.4 is 20.1 Å². The summed E-state index contributed by atoms with van der Waals surface area (Å²) in [6.45, 7) is 23.6. The summed E-state index contributed by atoms with van der Waals surface area (Å²) in [7, 11) is 5.52. The van der Waals surface area contributed by atoms with Gasteiger partial charge in [-0.3, -0.25) is 4.79 Å². The van der Waals surface area contributed by atoms with E-state index in [1.54, 1.807) is 41.7 Å². The SMILES string of the molecule is CCCNC[C@]1(O)[C@H](C)O[C@@H](O[C@H]2[C@H](C)[C@@H](O[C@@H]3O[C@H](C)C[C@H](N(C)C)[C@H]3Oc3cccc(OCC)c3)[C@](C)(O)C[C@@H](C)CN[C@H](C)[C@@H](O)[C@](C)(O)[C@@H](CC)OC(=O)[C@@H]2C)C[C@@]1(C)OC. The first-order chi connectivity index (χ1) is 30.4. The Kier molecular flexibility index (Phi) is 20.0. The number of carbonyl (C=O) groups excluding carboxylic acids is 1. The lowest BCUT2D eigenvalue weighted by atomic mass is 9.75. The van der Waals surface area contributed by atoms with Crippen molar-refractivity contribution in [3.63, 3.8) is 0 Å². The van der Waals surface area contributed by atoms with E-state index in [2.05, 4.69) is 15.5 Å². The number of esters is 1. The molecule has 0 amide bonds. The van der Waals surface area contributed by atoms with Gasteiger partial charge < -0.3 is 73.9 Å². The largest absolute Gasteiger partial charge is 0.494 e. The molecular weight excluding hydrogens is 839 g/mol. The van der Waals surface area contributed by atoms with Crippen LogP contribution in [0.15, 0.2) is 24.3 Å². The zero-order chi connectivity index (χ0) is 48.7. The van der Waals surface area contributed by atoms with Gasteiger partial charge in [-0.15, -0.1) is 0 Å². The predicted octanol–water partition coefficient (Wildman–Crippen LogP) is 4.41. The molecule has 16 heteroatoms. The molecule has 4 rings (SSSR count). The molecule has 0 spiro atoms. The van der Waals surface area contributed by atoms with E-state index in [0.29, 0.717) is 37.6 Å². The van der Waals surface area contributed by atoms with Crippen LogP contribution in [0.2, 0.25) is 0 Å². The van der Waals surface area contributed by atoms with Crippen molar-refractivity contribution in [2.75, 3.05) is 47.4 Å². The number of cyclic esters (lactones) is 1. The van der Waals surface area contributed by atoms with E-state index in [9.17, 15) is 25.2 Å². The fourth-order valence-corrected chi connectivity index (χ4v) is 10.3. The van der Waals surface area contributed by atoms with Crippen molar-refractivity contribution in [3.8, 4) is 11.5 Å². The predicted molar refractivity (Wildman–Crippen MR) is 248 cm³/mol. The van der Waals surface area contributed by atoms with Gasteiger partial charge in [0.1, 0.15) is 40.5 Å². The summed E-state index contributed by atoms with van der Waals surface area (Å²) in [6, 6.07) is 6.65. The smallest absolute Gasteiger partial charge is 0.311 e. The zero-order valence-corrected chi connectivity index (χ0v) is 42.2. The van der Waals surface area contributed by atoms with Gasteiger partial charge in [-0.1, -0.05) is 33.8 Å². The number of carbonyl (C=O) groups is 1. The number of aliphatic hydroxyl groups is 4. The van der Waals surface area contributed by atoms with E-state index >= 15 is 0 Å². The van der Waals surface area contributed by atoms with Crippen LogP contribution in [0.25, 0.3) is 0 Å². The number of hydrogen-bond donors (Lipinski definition) is 6. The summed E-state index contributed by atoms with van der Waals surface area (Å²) < 4.78 is 52.2. The summed E-state index contributed by atoms with van der Waals surface area (Å²) in [5.41, 5.74) is -6.01. The number of aliphatic hydroxyl groups excluding tert-OH is 1. The molecule has 3 fully saturated rings. The van der Waals surface area contributed by atoms with Crippen LogP contribution in [0, 0.1) is 17.8 Å². The molecule has 3 heterocycles. The minimum atomic E-state index is -1.83. The topological polar surface area (TPSA) is 199 Å². The Balaban J connectivity index is 1.87. The fraction of sp³-hybridized carbons (Fsp3) is 0.857. The Morgan fingerprint density at radius 3 is 2.23 bits per heavy atom. The van der Waals surface area contributed by atoms with Crippen molar-refractivity contribution in [3.05, 3.63) is 24.3 Å². The highest BCUT2D eigenvalue weighted by atomic mass is 16.7. The van der Waals surface area contributed by atoms with E-state index in [1.165, 1.54) is 6.92 Å². The van der Waals surface area contributed by atoms with Crippen molar-refractivity contribution in [2.24, 2.45) is 17.8 Å². The number of nitrogens with one attached hydrogen (secondary N) is 2. The highest BCUT2D eigenvalue weighted by Crippen LogP contribution is 2.43. The third kappa shape index (κ3) is 13.1. The highest BCUT2D eigenvalue weighted by Gasteiger charge is 2.58. The number of hydrogen-bond acceptors (Lipinski definition) is 16. The first kappa shape index (κ1) is 55.4. The molecule has 18 atom stereocenters. The van der Waals surface area contributed by atoms with E-state index in [-0.39, 0.29) is 43.9 Å². The molecule has 65 heavy (non-hydrogen) atoms. The van der Waals surface area contributed by atoms with Crippen LogP contribution in [0.1, 0.15) is 115 Å². The number of benzene rings is 1. The maximum atomic E-state index is 14.6. The average Bonchev–Trinajstić information content (AvgIpc) is 3.24. The van der Waals surface area contributed by atoms with Gasteiger partial charge in [0.15, 0.2) is 18.7 Å². The average molecular weight is 926 g/mol. The standard InChI is InChI=1S/C49H87N3O13/c1-16-22-50-28-49(57)34(9)61-39(26-47(49,11)58-15)64-40-31(6)43(65-45-41(37(52(13)14)23-30(5)60-45)62-36-21-19-20-35(24-36)59-18-3)46(10,55)25-29(4)27-51-33(8)42(53)48(12,56)38(17-2)63-44(54)32(40)7/h19-21,24,29-34,37-43,45,50-51,53,55-57H,16-18,22-23,25-28H2,1-15H3/t29-,30-,31+,32-,33-,34+,37+,38-,39+,40+,41-,42-,43-,45+,46-,47-,48-,49+/m1/s1. The molecule has 0 saturated carbocycles. The molecule has 0 aliphatic carbocycles. The van der Waals surface area contributed by atoms with Gasteiger partial charge in [-0.2, -0.15) is 0 Å². The van der Waals surface area contributed by atoms with Gasteiger partial charge in [-0.25, -0.2) is 0 Å². The van der Waals surface area contributed by atoms with Crippen molar-refractivity contribution in [1.29, 1.82) is 0 Å². The lowest BCUT2D eigenvalue weighted by molar-refractivity contribution is -0.335. The first-order valence-corrected chi connectivity index (χ1v) is 24.1. The van der Waals surface area contributed by atoms with Gasteiger partial charge in [0, 0.05) is 38.1 Å². The number of methoxy groups -OCH3 is 1. The van der Waals surface area contributed by atoms with Crippen molar-refractivity contribution in [1.82, 2.24) is 15.5 Å². The molecule has 0 radical (unpaired) electrons. The van der Waals surface area contributed by atoms with Gasteiger partial charge >= 0.3 is 5.97 Å². The summed E-state index contributed by atoms with van der Waals surface area (Å²) >= 11 is 0. The highest BCUT2D eigenvalue weighted by molar-refractivity contribution is 5.73. The van der Waals surface area contributed by atoms with E-state index in [0.717, 1.165) is 6.42 Å². The third-order valence-electron chi connectivity index (χ3n) is 14.4. The number of rotatable bonds is 15. The van der Waals surface area contributed by atoms with Crippen LogP contribution in [0.4, 0.5) is 0 Å². The van der Waals surface area contributed by atoms with Crippen LogP contribution in [-0.4, -0.2) is 169 Å². The Hall–Kier alpha value is -2.19. The lowest BCUT2D eigenvalue weighted by Gasteiger charge is -2.53. The van der Waals surface area contributed by atoms with Gasteiger partial charge in [0.2, 0.25) is 0 Å². The molecule has 3 aliphatic rings. The van der Waals surface area contributed by atoms with Crippen molar-refractivity contribution >= 4 is 5.97 Å². The fourth-order valence-electron chi connectivity index (χ4n) is 10.3. The van der Waals surface area contributed by atoms with E-state index in [4.69, 9.17) is 37.9 Å². The monoisotopic (exact) mass is 926 g/mol. The Morgan fingerprint density at radius 2 is 1.62 bits per heavy atom. The molecule has 0 bridgehead atoms. The van der Waals surface area contributed by atoms with Gasteiger partial charge in [-0.05, 0) is 126 Å². The minimum absolute atomic E-state index is 0.0919. The van der Waals surface area contributed by atoms with Gasteiger partial charge in [0.05, 0.1) is 48.6 Å². The summed E-state index contributed by atoms with van der Waals surface area (Å²) in [4.78, 5) is 16.7. The quantitative estimate of drug-likeness (QED) is 0.107. The van der Waals surface area contributed by atoms with Crippen LogP contribution in [-0.2, 0) is 33.2 Å². The Bertz CT molecular complexity index is 1620. The molecule has 3 aliphatic heterocycles. The molecular formula is C49H87N3O13. The second kappa shape index (κ2) is 23.4. The maximum absolute atomic E-state index is 14.6. The molecule has 6 N–H and O–H groups in total. The molecule has 3 saturated heterocycles. The maximum Gasteiger partial charge on any atom is 0.311 e. The second-order valence-electron chi connectivity index (χ2n) is 20.2. The Morgan fingerprint density at radius 1 is 0.938 bits per heavy atom. The number of nitrogens with zero attached hydrogens (tertiary/aromatic N) is 1. The van der Waals surface area contributed by atoms with Gasteiger partial charge in [0.25, 0.3) is 0 Å². The van der Waals surface area contributed by atoms with E-state index in [1.807, 2.05) is 79.9 Å². The molecule has 16 nitrogen and oxygen atoms in total. The second-order valence-corrected chi connectivity index (χ2v) is 20.2. The molecule has 376 valence electrons. The van der Waals surface area contributed by atoms with E-state index < -0.39 is 95.5 Å². The normalized spacial score (nSPS) is 42.7. The first-order valence-electron chi connectivity index (χ1n) is 24.1. The number of ether oxygens (including phenoxy) is 8. The molecule has 1 aromatic rings. The summed E-state index contributed by atoms with van der Waals surface area (Å²) in [5, 5.41) is 55.1. The molecule has 0 unspecified atom stereocenters. The van der Waals surface area contributed by atoms with Crippen LogP contribution in [0.3, 0.4) is 0 Å². The summed E-state index contributed by atoms with van der Waals surface area (Å²) in [6.07, 6.45) is -6.20. The molecule has 1 aromatic carbocycles. The van der Waals surface area contributed by atoms with Crippen molar-refractivity contribution < 1.29 is 63.1 Å². The minimum Gasteiger partial charge on any atom is -0.494 e. The zero-order valence-electron chi connectivity index (χ0n) is 42.2.